The van der Waals surface area contributed by atoms with E-state index in [2.05, 4.69) is 32.7 Å². The highest BCUT2D eigenvalue weighted by Crippen LogP contribution is 2.33. The summed E-state index contributed by atoms with van der Waals surface area (Å²) in [5.74, 6) is 0.358. The molecule has 3 nitrogen and oxygen atoms in total. The van der Waals surface area contributed by atoms with Crippen molar-refractivity contribution >= 4 is 0 Å². The van der Waals surface area contributed by atoms with Gasteiger partial charge in [-0.2, -0.15) is 5.26 Å². The highest BCUT2D eigenvalue weighted by Gasteiger charge is 2.18. The fraction of sp³-hybridized carbons (Fsp3) is 0.538. The topological polar surface area (TPSA) is 56.6 Å². The predicted octanol–water partition coefficient (Wildman–Crippen LogP) is 7.74. The van der Waals surface area contributed by atoms with Crippen molar-refractivity contribution < 1.29 is 0 Å². The number of rotatable bonds is 7. The second kappa shape index (κ2) is 15.6. The number of benzene rings is 1. The molecule has 1 unspecified atom stereocenters. The van der Waals surface area contributed by atoms with E-state index in [1.54, 1.807) is 6.07 Å². The summed E-state index contributed by atoms with van der Waals surface area (Å²) < 4.78 is 0. The lowest BCUT2D eigenvalue weighted by atomic mass is 9.87. The maximum atomic E-state index is 12.2. The predicted molar refractivity (Wildman–Crippen MR) is 126 cm³/mol. The third-order valence-electron chi connectivity index (χ3n) is 4.62. The van der Waals surface area contributed by atoms with Crippen LogP contribution in [0.25, 0.3) is 11.3 Å². The molecule has 3 heteroatoms. The monoisotopic (exact) mass is 396 g/mol. The van der Waals surface area contributed by atoms with Gasteiger partial charge in [0.25, 0.3) is 5.56 Å². The molecule has 0 aliphatic heterocycles. The molecular formula is C26H40N2O. The third-order valence-corrected chi connectivity index (χ3v) is 4.62. The lowest BCUT2D eigenvalue weighted by molar-refractivity contribution is 0.553. The second-order valence-corrected chi connectivity index (χ2v) is 7.13. The van der Waals surface area contributed by atoms with Crippen LogP contribution in [0.1, 0.15) is 103 Å². The van der Waals surface area contributed by atoms with Gasteiger partial charge >= 0.3 is 0 Å². The lowest BCUT2D eigenvalue weighted by Crippen LogP contribution is -2.15. The van der Waals surface area contributed by atoms with Gasteiger partial charge in [-0.15, -0.1) is 0 Å². The molecule has 0 aliphatic carbocycles. The molecule has 2 rings (SSSR count). The van der Waals surface area contributed by atoms with E-state index in [0.717, 1.165) is 29.7 Å². The van der Waals surface area contributed by atoms with E-state index >= 15 is 0 Å². The summed E-state index contributed by atoms with van der Waals surface area (Å²) in [6.45, 7) is 14.7. The molecule has 0 saturated carbocycles. The minimum atomic E-state index is -0.305. The molecule has 0 saturated heterocycles. The molecule has 0 amide bonds. The normalized spacial score (nSPS) is 10.7. The van der Waals surface area contributed by atoms with Gasteiger partial charge in [-0.05, 0) is 42.9 Å². The Kier molecular flexibility index (Phi) is 14.3. The van der Waals surface area contributed by atoms with Crippen LogP contribution in [0.2, 0.25) is 0 Å². The number of hydrogen-bond acceptors (Lipinski definition) is 2. The molecule has 0 aliphatic rings. The smallest absolute Gasteiger partial charge is 0.266 e. The Bertz CT molecular complexity index is 782. The van der Waals surface area contributed by atoms with E-state index in [1.165, 1.54) is 31.2 Å². The van der Waals surface area contributed by atoms with Gasteiger partial charge in [0.1, 0.15) is 11.6 Å². The van der Waals surface area contributed by atoms with Crippen LogP contribution >= 0.6 is 0 Å². The Morgan fingerprint density at radius 3 is 2.10 bits per heavy atom. The fourth-order valence-corrected chi connectivity index (χ4v) is 3.13. The number of nitrogens with zero attached hydrogens (tertiary/aromatic N) is 1. The summed E-state index contributed by atoms with van der Waals surface area (Å²) in [7, 11) is 0. The number of nitriles is 1. The molecule has 2 aromatic rings. The summed E-state index contributed by atoms with van der Waals surface area (Å²) in [6.07, 6.45) is 6.91. The van der Waals surface area contributed by atoms with Gasteiger partial charge in [0.05, 0.1) is 5.69 Å². The molecule has 1 N–H and O–H groups in total. The van der Waals surface area contributed by atoms with Crippen molar-refractivity contribution in [2.24, 2.45) is 0 Å². The van der Waals surface area contributed by atoms with Crippen LogP contribution in [0.15, 0.2) is 35.1 Å². The third kappa shape index (κ3) is 8.69. The molecular weight excluding hydrogens is 356 g/mol. The average Bonchev–Trinajstić information content (AvgIpc) is 2.74. The summed E-state index contributed by atoms with van der Waals surface area (Å²) in [4.78, 5) is 15.1. The first-order valence-electron chi connectivity index (χ1n) is 11.3. The minimum Gasteiger partial charge on any atom is -0.321 e. The maximum Gasteiger partial charge on any atom is 0.266 e. The van der Waals surface area contributed by atoms with Crippen LogP contribution in [0.3, 0.4) is 0 Å². The summed E-state index contributed by atoms with van der Waals surface area (Å²) >= 11 is 0. The molecule has 1 aromatic carbocycles. The van der Waals surface area contributed by atoms with Crippen LogP contribution in [0, 0.1) is 18.3 Å². The molecule has 0 radical (unpaired) electrons. The number of aromatic amines is 1. The Morgan fingerprint density at radius 2 is 1.62 bits per heavy atom. The van der Waals surface area contributed by atoms with Gasteiger partial charge in [-0.1, -0.05) is 97.1 Å². The zero-order chi connectivity index (χ0) is 22.2. The largest absolute Gasteiger partial charge is 0.321 e. The standard InChI is InChI=1S/C21H26N2O.C3H8.C2H6/c1-4-6-7-8-16(5-2)19-13-18(14-22)21(24)23-20(19)17-11-9-15(3)10-12-17;1-3-2;1-2/h9-13,16H,4-8H2,1-3H3,(H,23,24);3H2,1-2H3;1-2H3. The van der Waals surface area contributed by atoms with Crippen LogP contribution in [-0.2, 0) is 0 Å². The first-order chi connectivity index (χ1) is 14.0. The minimum absolute atomic E-state index is 0.204. The average molecular weight is 397 g/mol. The van der Waals surface area contributed by atoms with Gasteiger partial charge < -0.3 is 4.98 Å². The van der Waals surface area contributed by atoms with E-state index < -0.39 is 0 Å². The molecule has 1 aromatic heterocycles. The molecule has 1 atom stereocenters. The first kappa shape index (κ1) is 26.7. The number of aromatic nitrogens is 1. The van der Waals surface area contributed by atoms with Crippen molar-refractivity contribution in [2.45, 2.75) is 92.9 Å². The molecule has 29 heavy (non-hydrogen) atoms. The van der Waals surface area contributed by atoms with Crippen molar-refractivity contribution in [2.75, 3.05) is 0 Å². The van der Waals surface area contributed by atoms with E-state index in [4.69, 9.17) is 0 Å². The van der Waals surface area contributed by atoms with Crippen LogP contribution < -0.4 is 5.56 Å². The Balaban J connectivity index is 0.00000143. The van der Waals surface area contributed by atoms with Crippen LogP contribution in [0.4, 0.5) is 0 Å². The summed E-state index contributed by atoms with van der Waals surface area (Å²) in [5.41, 5.74) is 4.04. The first-order valence-corrected chi connectivity index (χ1v) is 11.3. The van der Waals surface area contributed by atoms with Crippen molar-refractivity contribution in [1.82, 2.24) is 4.98 Å². The lowest BCUT2D eigenvalue weighted by Gasteiger charge is -2.19. The SMILES string of the molecule is CC.CCC.CCCCCC(CC)c1cc(C#N)c(=O)[nH]c1-c1ccc(C)cc1. The van der Waals surface area contributed by atoms with E-state index in [9.17, 15) is 10.1 Å². The van der Waals surface area contributed by atoms with Crippen molar-refractivity contribution in [1.29, 1.82) is 5.26 Å². The van der Waals surface area contributed by atoms with Crippen LogP contribution in [0.5, 0.6) is 0 Å². The Hall–Kier alpha value is -2.34. The highest BCUT2D eigenvalue weighted by atomic mass is 16.1. The van der Waals surface area contributed by atoms with E-state index in [1.807, 2.05) is 51.1 Å². The van der Waals surface area contributed by atoms with Crippen molar-refractivity contribution in [3.8, 4) is 17.3 Å². The van der Waals surface area contributed by atoms with E-state index in [-0.39, 0.29) is 11.1 Å². The highest BCUT2D eigenvalue weighted by molar-refractivity contribution is 5.65. The quantitative estimate of drug-likeness (QED) is 0.486. The number of H-pyrrole nitrogens is 1. The van der Waals surface area contributed by atoms with Gasteiger partial charge in [0, 0.05) is 0 Å². The summed E-state index contributed by atoms with van der Waals surface area (Å²) in [6, 6.07) is 12.0. The Labute approximate surface area is 178 Å². The molecule has 160 valence electrons. The second-order valence-electron chi connectivity index (χ2n) is 7.13. The van der Waals surface area contributed by atoms with Gasteiger partial charge in [-0.3, -0.25) is 4.79 Å². The molecule has 0 bridgehead atoms. The molecule has 1 heterocycles. The molecule has 0 fully saturated rings. The van der Waals surface area contributed by atoms with Crippen molar-refractivity contribution in [3.63, 3.8) is 0 Å². The number of nitrogens with one attached hydrogen (secondary N) is 1. The zero-order valence-corrected chi connectivity index (χ0v) is 19.6. The number of aryl methyl sites for hydroxylation is 1. The van der Waals surface area contributed by atoms with Gasteiger partial charge in [-0.25, -0.2) is 0 Å². The van der Waals surface area contributed by atoms with Gasteiger partial charge in [0.15, 0.2) is 0 Å². The van der Waals surface area contributed by atoms with Gasteiger partial charge in [0.2, 0.25) is 0 Å². The number of pyridine rings is 1. The summed E-state index contributed by atoms with van der Waals surface area (Å²) in [5, 5.41) is 9.24. The number of hydrogen-bond donors (Lipinski definition) is 1. The van der Waals surface area contributed by atoms with E-state index in [0.29, 0.717) is 5.92 Å². The zero-order valence-electron chi connectivity index (χ0n) is 19.6. The maximum absolute atomic E-state index is 12.2. The van der Waals surface area contributed by atoms with Crippen molar-refractivity contribution in [3.05, 3.63) is 57.4 Å². The molecule has 0 spiro atoms. The fourth-order valence-electron chi connectivity index (χ4n) is 3.13. The number of unbranched alkanes of at least 4 members (excludes halogenated alkanes) is 2. The van der Waals surface area contributed by atoms with Crippen LogP contribution in [-0.4, -0.2) is 4.98 Å². The Morgan fingerprint density at radius 1 is 1.03 bits per heavy atom.